The van der Waals surface area contributed by atoms with Crippen molar-refractivity contribution in [1.29, 1.82) is 0 Å². The first-order chi connectivity index (χ1) is 9.10. The first-order valence-electron chi connectivity index (χ1n) is 6.30. The molecule has 0 saturated carbocycles. The Kier molecular flexibility index (Phi) is 6.29. The number of carbonyl (C=O) groups is 1. The second-order valence-electron chi connectivity index (χ2n) is 3.91. The first-order valence-corrected chi connectivity index (χ1v) is 6.30. The molecule has 5 heteroatoms. The van der Waals surface area contributed by atoms with Crippen LogP contribution in [-0.4, -0.2) is 31.9 Å². The van der Waals surface area contributed by atoms with Gasteiger partial charge in [-0.15, -0.1) is 0 Å². The number of hydrogen-bond acceptors (Lipinski definition) is 4. The monoisotopic (exact) mass is 270 g/mol. The molecule has 1 rings (SSSR count). The molecule has 0 spiro atoms. The van der Waals surface area contributed by atoms with E-state index in [1.165, 1.54) is 18.2 Å². The Morgan fingerprint density at radius 2 is 2.05 bits per heavy atom. The summed E-state index contributed by atoms with van der Waals surface area (Å²) in [5.74, 6) is -1.20. The Morgan fingerprint density at radius 3 is 2.68 bits per heavy atom. The van der Waals surface area contributed by atoms with Gasteiger partial charge in [-0.05, 0) is 32.9 Å². The second kappa shape index (κ2) is 7.74. The smallest absolute Gasteiger partial charge is 0.344 e. The first kappa shape index (κ1) is 15.4. The zero-order chi connectivity index (χ0) is 14.3. The van der Waals surface area contributed by atoms with E-state index in [4.69, 9.17) is 14.2 Å². The highest BCUT2D eigenvalue weighted by Gasteiger charge is 2.19. The van der Waals surface area contributed by atoms with E-state index in [1.807, 2.05) is 13.8 Å². The maximum atomic E-state index is 13.7. The van der Waals surface area contributed by atoms with Crippen molar-refractivity contribution in [2.24, 2.45) is 0 Å². The zero-order valence-electron chi connectivity index (χ0n) is 11.4. The van der Waals surface area contributed by atoms with Gasteiger partial charge in [0.05, 0.1) is 12.7 Å². The van der Waals surface area contributed by atoms with Gasteiger partial charge in [-0.3, -0.25) is 0 Å². The average molecular weight is 270 g/mol. The number of halogens is 1. The van der Waals surface area contributed by atoms with Gasteiger partial charge in [0.25, 0.3) is 0 Å². The summed E-state index contributed by atoms with van der Waals surface area (Å²) in [4.78, 5) is 11.7. The van der Waals surface area contributed by atoms with E-state index in [9.17, 15) is 9.18 Å². The molecule has 0 amide bonds. The standard InChI is InChI=1S/C14H19FO4/c1-4-17-10(3)9-19-12-8-6-7-11(15)13(12)14(16)18-5-2/h6-8,10H,4-5,9H2,1-3H3. The molecular weight excluding hydrogens is 251 g/mol. The van der Waals surface area contributed by atoms with Gasteiger partial charge >= 0.3 is 5.97 Å². The average Bonchev–Trinajstić information content (AvgIpc) is 2.37. The van der Waals surface area contributed by atoms with Crippen LogP contribution in [0.5, 0.6) is 5.75 Å². The van der Waals surface area contributed by atoms with Gasteiger partial charge in [-0.1, -0.05) is 6.07 Å². The molecule has 0 heterocycles. The van der Waals surface area contributed by atoms with Crippen LogP contribution in [-0.2, 0) is 9.47 Å². The van der Waals surface area contributed by atoms with Crippen LogP contribution in [0.4, 0.5) is 4.39 Å². The third-order valence-corrected chi connectivity index (χ3v) is 2.38. The number of rotatable bonds is 7. The lowest BCUT2D eigenvalue weighted by molar-refractivity contribution is 0.0378. The summed E-state index contributed by atoms with van der Waals surface area (Å²) in [6.07, 6.45) is -0.136. The van der Waals surface area contributed by atoms with Crippen LogP contribution in [0.3, 0.4) is 0 Å². The van der Waals surface area contributed by atoms with Gasteiger partial charge in [0.1, 0.15) is 23.7 Å². The summed E-state index contributed by atoms with van der Waals surface area (Å²) in [6, 6.07) is 4.22. The third kappa shape index (κ3) is 4.52. The minimum Gasteiger partial charge on any atom is -0.490 e. The SMILES string of the molecule is CCOC(=O)c1c(F)cccc1OCC(C)OCC. The van der Waals surface area contributed by atoms with Gasteiger partial charge < -0.3 is 14.2 Å². The molecular formula is C14H19FO4. The third-order valence-electron chi connectivity index (χ3n) is 2.38. The quantitative estimate of drug-likeness (QED) is 0.715. The van der Waals surface area contributed by atoms with Crippen LogP contribution in [0.1, 0.15) is 31.1 Å². The van der Waals surface area contributed by atoms with E-state index >= 15 is 0 Å². The zero-order valence-corrected chi connectivity index (χ0v) is 11.4. The lowest BCUT2D eigenvalue weighted by Crippen LogP contribution is -2.19. The summed E-state index contributed by atoms with van der Waals surface area (Å²) in [6.45, 7) is 6.37. The number of esters is 1. The van der Waals surface area contributed by atoms with Crippen LogP contribution in [0.25, 0.3) is 0 Å². The van der Waals surface area contributed by atoms with Crippen molar-refractivity contribution in [3.05, 3.63) is 29.6 Å². The summed E-state index contributed by atoms with van der Waals surface area (Å²) in [5, 5.41) is 0. The molecule has 0 aromatic heterocycles. The molecule has 0 fully saturated rings. The fourth-order valence-corrected chi connectivity index (χ4v) is 1.57. The largest absolute Gasteiger partial charge is 0.490 e. The van der Waals surface area contributed by atoms with Crippen molar-refractivity contribution < 1.29 is 23.4 Å². The highest BCUT2D eigenvalue weighted by Crippen LogP contribution is 2.22. The molecule has 0 bridgehead atoms. The molecule has 4 nitrogen and oxygen atoms in total. The summed E-state index contributed by atoms with van der Waals surface area (Å²) >= 11 is 0. The summed E-state index contributed by atoms with van der Waals surface area (Å²) < 4.78 is 29.2. The van der Waals surface area contributed by atoms with Gasteiger partial charge in [0.2, 0.25) is 0 Å². The van der Waals surface area contributed by atoms with E-state index in [2.05, 4.69) is 0 Å². The number of ether oxygens (including phenoxy) is 3. The highest BCUT2D eigenvalue weighted by atomic mass is 19.1. The molecule has 19 heavy (non-hydrogen) atoms. The fraction of sp³-hybridized carbons (Fsp3) is 0.500. The molecule has 1 atom stereocenters. The Morgan fingerprint density at radius 1 is 1.32 bits per heavy atom. The van der Waals surface area contributed by atoms with E-state index < -0.39 is 11.8 Å². The molecule has 1 aromatic rings. The molecule has 0 saturated heterocycles. The van der Waals surface area contributed by atoms with Crippen molar-refractivity contribution in [3.63, 3.8) is 0 Å². The van der Waals surface area contributed by atoms with Gasteiger partial charge in [0, 0.05) is 6.61 Å². The van der Waals surface area contributed by atoms with Crippen LogP contribution >= 0.6 is 0 Å². The van der Waals surface area contributed by atoms with Crippen LogP contribution in [0.15, 0.2) is 18.2 Å². The van der Waals surface area contributed by atoms with Crippen LogP contribution in [0, 0.1) is 5.82 Å². The Bertz CT molecular complexity index is 420. The van der Waals surface area contributed by atoms with E-state index in [-0.39, 0.29) is 30.6 Å². The molecule has 1 aromatic carbocycles. The fourth-order valence-electron chi connectivity index (χ4n) is 1.57. The Labute approximate surface area is 112 Å². The van der Waals surface area contributed by atoms with Gasteiger partial charge in [-0.25, -0.2) is 9.18 Å². The molecule has 0 radical (unpaired) electrons. The van der Waals surface area contributed by atoms with Crippen molar-refractivity contribution in [2.75, 3.05) is 19.8 Å². The van der Waals surface area contributed by atoms with Crippen LogP contribution < -0.4 is 4.74 Å². The molecule has 106 valence electrons. The Hall–Kier alpha value is -1.62. The number of benzene rings is 1. The predicted octanol–water partition coefficient (Wildman–Crippen LogP) is 2.81. The summed E-state index contributed by atoms with van der Waals surface area (Å²) in [7, 11) is 0. The van der Waals surface area contributed by atoms with Gasteiger partial charge in [-0.2, -0.15) is 0 Å². The van der Waals surface area contributed by atoms with Crippen molar-refractivity contribution >= 4 is 5.97 Å². The lowest BCUT2D eigenvalue weighted by atomic mass is 10.2. The normalized spacial score (nSPS) is 12.0. The van der Waals surface area contributed by atoms with Crippen molar-refractivity contribution in [3.8, 4) is 5.75 Å². The van der Waals surface area contributed by atoms with E-state index in [0.717, 1.165) is 0 Å². The minimum absolute atomic E-state index is 0.136. The van der Waals surface area contributed by atoms with E-state index in [0.29, 0.717) is 6.61 Å². The van der Waals surface area contributed by atoms with Crippen molar-refractivity contribution in [1.82, 2.24) is 0 Å². The molecule has 1 unspecified atom stereocenters. The maximum Gasteiger partial charge on any atom is 0.344 e. The number of carbonyl (C=O) groups excluding carboxylic acids is 1. The summed E-state index contributed by atoms with van der Waals surface area (Å²) in [5.41, 5.74) is -0.173. The van der Waals surface area contributed by atoms with E-state index in [1.54, 1.807) is 6.92 Å². The highest BCUT2D eigenvalue weighted by molar-refractivity contribution is 5.92. The van der Waals surface area contributed by atoms with Gasteiger partial charge in [0.15, 0.2) is 0 Å². The molecule has 0 aliphatic rings. The topological polar surface area (TPSA) is 44.8 Å². The molecule has 0 aliphatic heterocycles. The minimum atomic E-state index is -0.723. The number of hydrogen-bond donors (Lipinski definition) is 0. The second-order valence-corrected chi connectivity index (χ2v) is 3.91. The predicted molar refractivity (Wildman–Crippen MR) is 68.9 cm³/mol. The maximum absolute atomic E-state index is 13.7. The lowest BCUT2D eigenvalue weighted by Gasteiger charge is -2.15. The Balaban J connectivity index is 2.82. The molecule has 0 aliphatic carbocycles. The van der Waals surface area contributed by atoms with Crippen LogP contribution in [0.2, 0.25) is 0 Å². The molecule has 0 N–H and O–H groups in total. The van der Waals surface area contributed by atoms with Crippen molar-refractivity contribution in [2.45, 2.75) is 26.9 Å².